The van der Waals surface area contributed by atoms with E-state index >= 15 is 0 Å². The standard InChI is InChI=1S/C27H24N4O3/c1-19(21-12-7-4-8-13-21)30-18-28-25-24(30)26(32)29(17-20-10-5-3-6-11-20)27(33)31(25)22-14-9-15-23(16-22)34-2/h3-16,18-19H,17H2,1-2H3. The Kier molecular flexibility index (Phi) is 5.59. The molecule has 5 aromatic rings. The summed E-state index contributed by atoms with van der Waals surface area (Å²) < 4.78 is 9.96. The Morgan fingerprint density at radius 2 is 1.62 bits per heavy atom. The highest BCUT2D eigenvalue weighted by molar-refractivity contribution is 5.73. The van der Waals surface area contributed by atoms with E-state index in [2.05, 4.69) is 4.98 Å². The molecule has 0 bridgehead atoms. The van der Waals surface area contributed by atoms with Gasteiger partial charge in [-0.25, -0.2) is 14.3 Å². The van der Waals surface area contributed by atoms with E-state index in [0.717, 1.165) is 11.1 Å². The molecule has 1 atom stereocenters. The van der Waals surface area contributed by atoms with Crippen LogP contribution >= 0.6 is 0 Å². The van der Waals surface area contributed by atoms with E-state index in [0.29, 0.717) is 22.6 Å². The Balaban J connectivity index is 1.80. The molecule has 3 aromatic carbocycles. The largest absolute Gasteiger partial charge is 0.497 e. The molecule has 0 aliphatic carbocycles. The van der Waals surface area contributed by atoms with Gasteiger partial charge in [0.2, 0.25) is 0 Å². The van der Waals surface area contributed by atoms with Gasteiger partial charge in [0.05, 0.1) is 31.7 Å². The van der Waals surface area contributed by atoms with Crippen LogP contribution in [0.3, 0.4) is 0 Å². The van der Waals surface area contributed by atoms with Gasteiger partial charge in [-0.3, -0.25) is 9.36 Å². The van der Waals surface area contributed by atoms with E-state index in [9.17, 15) is 9.59 Å². The minimum atomic E-state index is -0.452. The van der Waals surface area contributed by atoms with E-state index in [1.54, 1.807) is 25.6 Å². The average Bonchev–Trinajstić information content (AvgIpc) is 3.32. The zero-order valence-electron chi connectivity index (χ0n) is 19.0. The Bertz CT molecular complexity index is 1570. The first kappa shape index (κ1) is 21.5. The van der Waals surface area contributed by atoms with Gasteiger partial charge in [0.15, 0.2) is 11.2 Å². The van der Waals surface area contributed by atoms with Crippen molar-refractivity contribution >= 4 is 11.2 Å². The second-order valence-corrected chi connectivity index (χ2v) is 8.11. The van der Waals surface area contributed by atoms with Gasteiger partial charge in [-0.2, -0.15) is 0 Å². The van der Waals surface area contributed by atoms with Crippen LogP contribution in [-0.4, -0.2) is 25.8 Å². The predicted molar refractivity (Wildman–Crippen MR) is 132 cm³/mol. The third-order valence-electron chi connectivity index (χ3n) is 6.05. The second-order valence-electron chi connectivity index (χ2n) is 8.11. The smallest absolute Gasteiger partial charge is 0.337 e. The number of fused-ring (bicyclic) bond motifs is 1. The van der Waals surface area contributed by atoms with Crippen LogP contribution in [0.1, 0.15) is 24.1 Å². The molecule has 1 unspecified atom stereocenters. The monoisotopic (exact) mass is 452 g/mol. The first-order valence-corrected chi connectivity index (χ1v) is 11.0. The van der Waals surface area contributed by atoms with Crippen molar-refractivity contribution in [1.82, 2.24) is 18.7 Å². The van der Waals surface area contributed by atoms with Gasteiger partial charge >= 0.3 is 5.69 Å². The maximum absolute atomic E-state index is 13.7. The quantitative estimate of drug-likeness (QED) is 0.390. The first-order valence-electron chi connectivity index (χ1n) is 11.0. The molecule has 7 nitrogen and oxygen atoms in total. The topological polar surface area (TPSA) is 71.1 Å². The number of aromatic nitrogens is 4. The van der Waals surface area contributed by atoms with Crippen LogP contribution in [-0.2, 0) is 6.54 Å². The van der Waals surface area contributed by atoms with Gasteiger partial charge in [0, 0.05) is 6.07 Å². The van der Waals surface area contributed by atoms with Crippen LogP contribution in [0.15, 0.2) is 101 Å². The SMILES string of the molecule is COc1cccc(-n2c(=O)n(Cc3ccccc3)c(=O)c3c2ncn3C(C)c2ccccc2)c1. The molecular formula is C27H24N4O3. The Labute approximate surface area is 196 Å². The van der Waals surface area contributed by atoms with Crippen molar-refractivity contribution in [2.75, 3.05) is 7.11 Å². The summed E-state index contributed by atoms with van der Waals surface area (Å²) in [7, 11) is 1.57. The molecule has 34 heavy (non-hydrogen) atoms. The number of imidazole rings is 1. The summed E-state index contributed by atoms with van der Waals surface area (Å²) in [5, 5.41) is 0. The molecule has 5 rings (SSSR count). The number of nitrogens with zero attached hydrogens (tertiary/aromatic N) is 4. The highest BCUT2D eigenvalue weighted by Gasteiger charge is 2.22. The van der Waals surface area contributed by atoms with E-state index in [-0.39, 0.29) is 18.1 Å². The fourth-order valence-corrected chi connectivity index (χ4v) is 4.22. The van der Waals surface area contributed by atoms with Gasteiger partial charge < -0.3 is 9.30 Å². The molecule has 2 aromatic heterocycles. The molecule has 0 N–H and O–H groups in total. The van der Waals surface area contributed by atoms with Crippen LogP contribution in [0.5, 0.6) is 5.75 Å². The zero-order valence-corrected chi connectivity index (χ0v) is 19.0. The number of hydrogen-bond acceptors (Lipinski definition) is 4. The third-order valence-corrected chi connectivity index (χ3v) is 6.05. The lowest BCUT2D eigenvalue weighted by molar-refractivity contribution is 0.414. The maximum Gasteiger partial charge on any atom is 0.337 e. The second kappa shape index (κ2) is 8.86. The van der Waals surface area contributed by atoms with Crippen LogP contribution in [0.2, 0.25) is 0 Å². The van der Waals surface area contributed by atoms with Crippen LogP contribution in [0.25, 0.3) is 16.9 Å². The summed E-state index contributed by atoms with van der Waals surface area (Å²) in [6.07, 6.45) is 1.63. The van der Waals surface area contributed by atoms with Crippen LogP contribution in [0.4, 0.5) is 0 Å². The fourth-order valence-electron chi connectivity index (χ4n) is 4.22. The van der Waals surface area contributed by atoms with E-state index in [4.69, 9.17) is 4.74 Å². The maximum atomic E-state index is 13.7. The van der Waals surface area contributed by atoms with Crippen LogP contribution < -0.4 is 16.0 Å². The molecule has 0 saturated heterocycles. The minimum Gasteiger partial charge on any atom is -0.497 e. The predicted octanol–water partition coefficient (Wildman–Crippen LogP) is 4.02. The van der Waals surface area contributed by atoms with Crippen molar-refractivity contribution in [3.05, 3.63) is 123 Å². The van der Waals surface area contributed by atoms with Gasteiger partial charge in [-0.05, 0) is 30.2 Å². The fraction of sp³-hybridized carbons (Fsp3) is 0.148. The third kappa shape index (κ3) is 3.71. The summed E-state index contributed by atoms with van der Waals surface area (Å²) in [5.41, 5.74) is 2.34. The van der Waals surface area contributed by atoms with E-state index in [1.807, 2.05) is 84.3 Å². The summed E-state index contributed by atoms with van der Waals surface area (Å²) >= 11 is 0. The van der Waals surface area contributed by atoms with Crippen LogP contribution in [0, 0.1) is 0 Å². The number of ether oxygens (including phenoxy) is 1. The molecule has 7 heteroatoms. The number of methoxy groups -OCH3 is 1. The zero-order chi connectivity index (χ0) is 23.7. The van der Waals surface area contributed by atoms with Crippen molar-refractivity contribution in [2.45, 2.75) is 19.5 Å². The summed E-state index contributed by atoms with van der Waals surface area (Å²) in [6.45, 7) is 2.17. The molecule has 0 fully saturated rings. The van der Waals surface area contributed by atoms with E-state index in [1.165, 1.54) is 9.13 Å². The van der Waals surface area contributed by atoms with Crippen molar-refractivity contribution in [3.8, 4) is 11.4 Å². The van der Waals surface area contributed by atoms with Gasteiger partial charge in [0.25, 0.3) is 5.56 Å². The van der Waals surface area contributed by atoms with Gasteiger partial charge in [0.1, 0.15) is 5.75 Å². The summed E-state index contributed by atoms with van der Waals surface area (Å²) in [5.74, 6) is 0.607. The van der Waals surface area contributed by atoms with Crippen molar-refractivity contribution < 1.29 is 4.74 Å². The van der Waals surface area contributed by atoms with Gasteiger partial charge in [-0.1, -0.05) is 66.7 Å². The molecule has 2 heterocycles. The highest BCUT2D eigenvalue weighted by Crippen LogP contribution is 2.23. The minimum absolute atomic E-state index is 0.152. The van der Waals surface area contributed by atoms with Crippen molar-refractivity contribution in [3.63, 3.8) is 0 Å². The Morgan fingerprint density at radius 3 is 2.32 bits per heavy atom. The highest BCUT2D eigenvalue weighted by atomic mass is 16.5. The van der Waals surface area contributed by atoms with Crippen molar-refractivity contribution in [1.29, 1.82) is 0 Å². The number of hydrogen-bond donors (Lipinski definition) is 0. The lowest BCUT2D eigenvalue weighted by atomic mass is 10.1. The average molecular weight is 453 g/mol. The molecular weight excluding hydrogens is 428 g/mol. The molecule has 0 aliphatic heterocycles. The van der Waals surface area contributed by atoms with Gasteiger partial charge in [-0.15, -0.1) is 0 Å². The molecule has 0 saturated carbocycles. The molecule has 0 spiro atoms. The number of rotatable bonds is 6. The number of benzene rings is 3. The Hall–Kier alpha value is -4.39. The molecule has 170 valence electrons. The lowest BCUT2D eigenvalue weighted by Gasteiger charge is -2.17. The first-order chi connectivity index (χ1) is 16.6. The molecule has 0 aliphatic rings. The van der Waals surface area contributed by atoms with Crippen molar-refractivity contribution in [2.24, 2.45) is 0 Å². The molecule has 0 radical (unpaired) electrons. The summed E-state index contributed by atoms with van der Waals surface area (Å²) in [4.78, 5) is 32.0. The molecule has 0 amide bonds. The van der Waals surface area contributed by atoms with E-state index < -0.39 is 5.69 Å². The Morgan fingerprint density at radius 1 is 0.912 bits per heavy atom. The summed E-state index contributed by atoms with van der Waals surface area (Å²) in [6, 6.07) is 26.4. The lowest BCUT2D eigenvalue weighted by Crippen LogP contribution is -2.40. The normalized spacial score (nSPS) is 12.1.